The highest BCUT2D eigenvalue weighted by molar-refractivity contribution is 5.92. The molecule has 0 aromatic carbocycles. The van der Waals surface area contributed by atoms with Crippen LogP contribution in [0.3, 0.4) is 0 Å². The average Bonchev–Trinajstić information content (AvgIpc) is 2.79. The minimum absolute atomic E-state index is 0.243. The third-order valence-corrected chi connectivity index (χ3v) is 2.64. The van der Waals surface area contributed by atoms with E-state index in [0.29, 0.717) is 18.5 Å². The summed E-state index contributed by atoms with van der Waals surface area (Å²) in [5.41, 5.74) is -0.403. The Labute approximate surface area is 88.9 Å². The van der Waals surface area contributed by atoms with Crippen LogP contribution in [0.4, 0.5) is 0 Å². The van der Waals surface area contributed by atoms with Crippen LogP contribution in [0.15, 0.2) is 12.3 Å². The number of nitrogens with one attached hydrogen (secondary N) is 2. The van der Waals surface area contributed by atoms with E-state index < -0.39 is 5.60 Å². The smallest absolute Gasteiger partial charge is 0.269 e. The van der Waals surface area contributed by atoms with Gasteiger partial charge in [0.15, 0.2) is 0 Å². The van der Waals surface area contributed by atoms with E-state index >= 15 is 0 Å². The number of hydrogen-bond donors (Lipinski definition) is 3. The lowest BCUT2D eigenvalue weighted by Crippen LogP contribution is -2.42. The second-order valence-corrected chi connectivity index (χ2v) is 3.58. The van der Waals surface area contributed by atoms with Crippen molar-refractivity contribution in [3.05, 3.63) is 18.0 Å². The van der Waals surface area contributed by atoms with Gasteiger partial charge < -0.3 is 10.4 Å². The molecule has 0 aliphatic carbocycles. The lowest BCUT2D eigenvalue weighted by atomic mass is 9.97. The zero-order valence-corrected chi connectivity index (χ0v) is 9.08. The molecular weight excluding hydrogens is 194 g/mol. The average molecular weight is 211 g/mol. The Balaban J connectivity index is 2.47. The standard InChI is InChI=1S/C10H17N3O2/c1-3-10(15,4-2)7-11-9(14)8-5-6-12-13-8/h5-6,15H,3-4,7H2,1-2H3,(H,11,14)(H,12,13). The van der Waals surface area contributed by atoms with Crippen LogP contribution in [-0.2, 0) is 0 Å². The number of aromatic amines is 1. The molecule has 0 bridgehead atoms. The lowest BCUT2D eigenvalue weighted by molar-refractivity contribution is 0.0313. The minimum Gasteiger partial charge on any atom is -0.388 e. The first-order valence-corrected chi connectivity index (χ1v) is 5.11. The van der Waals surface area contributed by atoms with Gasteiger partial charge >= 0.3 is 0 Å². The summed E-state index contributed by atoms with van der Waals surface area (Å²) in [4.78, 5) is 11.5. The number of rotatable bonds is 5. The molecule has 0 fully saturated rings. The number of aromatic nitrogens is 2. The van der Waals surface area contributed by atoms with Gasteiger partial charge in [0.2, 0.25) is 0 Å². The van der Waals surface area contributed by atoms with Crippen molar-refractivity contribution in [2.24, 2.45) is 0 Å². The van der Waals surface area contributed by atoms with Gasteiger partial charge in [0.05, 0.1) is 5.60 Å². The number of amides is 1. The van der Waals surface area contributed by atoms with Crippen molar-refractivity contribution in [3.8, 4) is 0 Å². The number of aliphatic hydroxyl groups is 1. The molecule has 0 spiro atoms. The van der Waals surface area contributed by atoms with Gasteiger partial charge in [0.1, 0.15) is 5.69 Å². The Bertz CT molecular complexity index is 304. The number of nitrogens with zero attached hydrogens (tertiary/aromatic N) is 1. The molecule has 0 aliphatic rings. The summed E-state index contributed by atoms with van der Waals surface area (Å²) < 4.78 is 0. The molecule has 3 N–H and O–H groups in total. The molecule has 84 valence electrons. The highest BCUT2D eigenvalue weighted by Gasteiger charge is 2.23. The normalized spacial score (nSPS) is 11.4. The summed E-state index contributed by atoms with van der Waals surface area (Å²) in [5, 5.41) is 18.8. The van der Waals surface area contributed by atoms with E-state index in [1.807, 2.05) is 13.8 Å². The molecule has 5 nitrogen and oxygen atoms in total. The van der Waals surface area contributed by atoms with E-state index in [-0.39, 0.29) is 12.5 Å². The molecule has 5 heteroatoms. The second-order valence-electron chi connectivity index (χ2n) is 3.58. The van der Waals surface area contributed by atoms with E-state index in [2.05, 4.69) is 15.5 Å². The third kappa shape index (κ3) is 3.06. The first kappa shape index (κ1) is 11.7. The molecule has 0 aliphatic heterocycles. The maximum absolute atomic E-state index is 11.5. The maximum atomic E-state index is 11.5. The third-order valence-electron chi connectivity index (χ3n) is 2.64. The maximum Gasteiger partial charge on any atom is 0.269 e. The van der Waals surface area contributed by atoms with E-state index in [0.717, 1.165) is 0 Å². The van der Waals surface area contributed by atoms with E-state index in [1.54, 1.807) is 6.07 Å². The SMILES string of the molecule is CCC(O)(CC)CNC(=O)c1ccn[nH]1. The Hall–Kier alpha value is -1.36. The van der Waals surface area contributed by atoms with E-state index in [4.69, 9.17) is 0 Å². The van der Waals surface area contributed by atoms with Gasteiger partial charge in [-0.3, -0.25) is 9.89 Å². The van der Waals surface area contributed by atoms with Gasteiger partial charge in [-0.25, -0.2) is 0 Å². The number of carbonyl (C=O) groups is 1. The van der Waals surface area contributed by atoms with E-state index in [1.165, 1.54) is 6.20 Å². The first-order chi connectivity index (χ1) is 7.11. The molecule has 0 saturated heterocycles. The largest absolute Gasteiger partial charge is 0.388 e. The van der Waals surface area contributed by atoms with Crippen LogP contribution in [-0.4, -0.2) is 33.4 Å². The van der Waals surface area contributed by atoms with Gasteiger partial charge in [-0.15, -0.1) is 0 Å². The molecule has 0 saturated carbocycles. The van der Waals surface area contributed by atoms with Crippen molar-refractivity contribution in [1.82, 2.24) is 15.5 Å². The summed E-state index contributed by atoms with van der Waals surface area (Å²) in [6.45, 7) is 4.05. The Morgan fingerprint density at radius 3 is 2.73 bits per heavy atom. The molecule has 1 aromatic heterocycles. The van der Waals surface area contributed by atoms with Crippen LogP contribution in [0.5, 0.6) is 0 Å². The molecular formula is C10H17N3O2. The first-order valence-electron chi connectivity index (χ1n) is 5.11. The monoisotopic (exact) mass is 211 g/mol. The molecule has 0 radical (unpaired) electrons. The summed E-state index contributed by atoms with van der Waals surface area (Å²) in [5.74, 6) is -0.243. The summed E-state index contributed by atoms with van der Waals surface area (Å²) in [6.07, 6.45) is 2.75. The highest BCUT2D eigenvalue weighted by Crippen LogP contribution is 2.12. The fourth-order valence-corrected chi connectivity index (χ4v) is 1.22. The van der Waals surface area contributed by atoms with Crippen molar-refractivity contribution in [2.75, 3.05) is 6.54 Å². The number of carbonyl (C=O) groups excluding carboxylic acids is 1. The Morgan fingerprint density at radius 2 is 2.27 bits per heavy atom. The van der Waals surface area contributed by atoms with Gasteiger partial charge in [-0.05, 0) is 18.9 Å². The lowest BCUT2D eigenvalue weighted by Gasteiger charge is -2.25. The molecule has 15 heavy (non-hydrogen) atoms. The van der Waals surface area contributed by atoms with Crippen LogP contribution < -0.4 is 5.32 Å². The molecule has 0 unspecified atom stereocenters. The molecule has 1 amide bonds. The molecule has 1 rings (SSSR count). The summed E-state index contributed by atoms with van der Waals surface area (Å²) >= 11 is 0. The second kappa shape index (κ2) is 4.93. The van der Waals surface area contributed by atoms with Crippen molar-refractivity contribution in [2.45, 2.75) is 32.3 Å². The van der Waals surface area contributed by atoms with Crippen LogP contribution >= 0.6 is 0 Å². The van der Waals surface area contributed by atoms with Crippen LogP contribution in [0.1, 0.15) is 37.2 Å². The number of H-pyrrole nitrogens is 1. The number of hydrogen-bond acceptors (Lipinski definition) is 3. The zero-order chi connectivity index (χ0) is 11.3. The van der Waals surface area contributed by atoms with Gasteiger partial charge in [0, 0.05) is 12.7 Å². The van der Waals surface area contributed by atoms with Crippen molar-refractivity contribution < 1.29 is 9.90 Å². The minimum atomic E-state index is -0.810. The van der Waals surface area contributed by atoms with Crippen LogP contribution in [0, 0.1) is 0 Å². The van der Waals surface area contributed by atoms with Crippen molar-refractivity contribution in [1.29, 1.82) is 0 Å². The molecule has 1 aromatic rings. The van der Waals surface area contributed by atoms with Crippen molar-refractivity contribution >= 4 is 5.91 Å². The zero-order valence-electron chi connectivity index (χ0n) is 9.08. The molecule has 0 atom stereocenters. The Kier molecular flexibility index (Phi) is 3.85. The van der Waals surface area contributed by atoms with Gasteiger partial charge in [-0.2, -0.15) is 5.10 Å². The fraction of sp³-hybridized carbons (Fsp3) is 0.600. The van der Waals surface area contributed by atoms with Crippen molar-refractivity contribution in [3.63, 3.8) is 0 Å². The highest BCUT2D eigenvalue weighted by atomic mass is 16.3. The van der Waals surface area contributed by atoms with E-state index in [9.17, 15) is 9.90 Å². The molecule has 1 heterocycles. The quantitative estimate of drug-likeness (QED) is 0.670. The van der Waals surface area contributed by atoms with Gasteiger partial charge in [-0.1, -0.05) is 13.8 Å². The van der Waals surface area contributed by atoms with Gasteiger partial charge in [0.25, 0.3) is 5.91 Å². The van der Waals surface area contributed by atoms with Crippen LogP contribution in [0.2, 0.25) is 0 Å². The van der Waals surface area contributed by atoms with Crippen LogP contribution in [0.25, 0.3) is 0 Å². The predicted molar refractivity (Wildman–Crippen MR) is 56.5 cm³/mol. The topological polar surface area (TPSA) is 78.0 Å². The fourth-order valence-electron chi connectivity index (χ4n) is 1.22. The summed E-state index contributed by atoms with van der Waals surface area (Å²) in [6, 6.07) is 1.59. The summed E-state index contributed by atoms with van der Waals surface area (Å²) in [7, 11) is 0. The predicted octanol–water partition coefficient (Wildman–Crippen LogP) is 0.691. The Morgan fingerprint density at radius 1 is 1.60 bits per heavy atom.